The fraction of sp³-hybridized carbons (Fsp3) is 0.579. The number of nitrogen functional groups attached to an aromatic ring is 1. The zero-order chi connectivity index (χ0) is 19.0. The van der Waals surface area contributed by atoms with E-state index in [-0.39, 0.29) is 16.5 Å². The van der Waals surface area contributed by atoms with E-state index < -0.39 is 17.1 Å². The van der Waals surface area contributed by atoms with Gasteiger partial charge in [0.15, 0.2) is 0 Å². The van der Waals surface area contributed by atoms with Gasteiger partial charge in [0, 0.05) is 19.1 Å². The topological polar surface area (TPSA) is 73.3 Å². The Morgan fingerprint density at radius 2 is 1.81 bits per heavy atom. The van der Waals surface area contributed by atoms with Gasteiger partial charge in [-0.1, -0.05) is 18.5 Å². The molecule has 0 radical (unpaired) electrons. The number of rotatable bonds is 2. The summed E-state index contributed by atoms with van der Waals surface area (Å²) in [5.74, 6) is 6.93. The highest BCUT2D eigenvalue weighted by atomic mass is 35.5. The lowest BCUT2D eigenvalue weighted by Crippen LogP contribution is -2.44. The van der Waals surface area contributed by atoms with E-state index in [0.717, 1.165) is 38.8 Å². The normalized spacial score (nSPS) is 27.5. The highest BCUT2D eigenvalue weighted by Crippen LogP contribution is 2.46. The van der Waals surface area contributed by atoms with Gasteiger partial charge in [-0.3, -0.25) is 9.36 Å². The predicted octanol–water partition coefficient (Wildman–Crippen LogP) is 2.49. The minimum absolute atomic E-state index is 0.0370. The second kappa shape index (κ2) is 5.74. The zero-order valence-corrected chi connectivity index (χ0v) is 15.9. The zero-order valence-electron chi connectivity index (χ0n) is 15.1. The van der Waals surface area contributed by atoms with E-state index in [1.807, 2.05) is 4.90 Å². The summed E-state index contributed by atoms with van der Waals surface area (Å²) >= 11 is 6.66. The van der Waals surface area contributed by atoms with Crippen molar-refractivity contribution in [1.82, 2.24) is 9.24 Å². The summed E-state index contributed by atoms with van der Waals surface area (Å²) in [6.07, 6.45) is 3.95. The molecule has 3 aliphatic rings. The number of fused-ring (bicyclic) bond motifs is 2. The van der Waals surface area contributed by atoms with Crippen LogP contribution in [0.15, 0.2) is 15.7 Å². The van der Waals surface area contributed by atoms with E-state index in [9.17, 15) is 9.59 Å². The number of halogens is 2. The van der Waals surface area contributed by atoms with Gasteiger partial charge in [-0.25, -0.2) is 9.18 Å². The van der Waals surface area contributed by atoms with Crippen molar-refractivity contribution in [3.63, 3.8) is 0 Å². The molecule has 0 amide bonds. The monoisotopic (exact) mass is 392 g/mol. The Morgan fingerprint density at radius 1 is 1.19 bits per heavy atom. The van der Waals surface area contributed by atoms with Crippen molar-refractivity contribution in [1.29, 1.82) is 0 Å². The third kappa shape index (κ3) is 2.43. The van der Waals surface area contributed by atoms with Gasteiger partial charge < -0.3 is 10.7 Å². The second-order valence-electron chi connectivity index (χ2n) is 8.48. The van der Waals surface area contributed by atoms with Gasteiger partial charge in [0.05, 0.1) is 21.6 Å². The van der Waals surface area contributed by atoms with Crippen molar-refractivity contribution < 1.29 is 4.39 Å². The highest BCUT2D eigenvalue weighted by molar-refractivity contribution is 6.38. The van der Waals surface area contributed by atoms with Gasteiger partial charge in [0.25, 0.3) is 5.56 Å². The van der Waals surface area contributed by atoms with E-state index in [2.05, 4.69) is 6.92 Å². The summed E-state index contributed by atoms with van der Waals surface area (Å²) in [7, 11) is 0. The van der Waals surface area contributed by atoms with Gasteiger partial charge >= 0.3 is 5.69 Å². The fourth-order valence-electron chi connectivity index (χ4n) is 5.17. The number of aromatic nitrogens is 2. The Balaban J connectivity index is 1.71. The molecule has 1 aromatic carbocycles. The van der Waals surface area contributed by atoms with Crippen LogP contribution in [0.1, 0.15) is 38.6 Å². The molecule has 2 unspecified atom stereocenters. The maximum Gasteiger partial charge on any atom is 0.350 e. The molecule has 2 atom stereocenters. The van der Waals surface area contributed by atoms with Crippen LogP contribution >= 0.6 is 11.6 Å². The Morgan fingerprint density at radius 3 is 2.41 bits per heavy atom. The molecule has 1 aromatic heterocycles. The molecule has 6 nitrogen and oxygen atoms in total. The molecule has 0 bridgehead atoms. The number of hydrogen-bond donors (Lipinski definition) is 1. The average molecular weight is 393 g/mol. The first-order valence-electron chi connectivity index (χ1n) is 9.56. The number of nitrogens with two attached hydrogens (primary N) is 1. The van der Waals surface area contributed by atoms with Crippen molar-refractivity contribution in [2.45, 2.75) is 38.6 Å². The molecule has 2 saturated carbocycles. The minimum atomic E-state index is -0.716. The maximum atomic E-state index is 15.0. The van der Waals surface area contributed by atoms with Crippen molar-refractivity contribution in [3.05, 3.63) is 37.7 Å². The fourth-order valence-corrected chi connectivity index (χ4v) is 5.57. The molecule has 3 fully saturated rings. The molecule has 144 valence electrons. The van der Waals surface area contributed by atoms with Crippen LogP contribution in [-0.4, -0.2) is 22.3 Å². The van der Waals surface area contributed by atoms with Gasteiger partial charge in [-0.15, -0.1) is 0 Å². The molecule has 2 heterocycles. The SMILES string of the molecule is CC1CC2CN(c3c(F)cc4c(=O)n(N)c(=O)n(C5CC5)c4c3Cl)CC2C1. The van der Waals surface area contributed by atoms with Crippen LogP contribution in [0.2, 0.25) is 5.02 Å². The molecule has 8 heteroatoms. The third-order valence-electron chi connectivity index (χ3n) is 6.49. The summed E-state index contributed by atoms with van der Waals surface area (Å²) in [6, 6.07) is 1.15. The van der Waals surface area contributed by atoms with Crippen LogP contribution < -0.4 is 22.0 Å². The molecule has 5 rings (SSSR count). The van der Waals surface area contributed by atoms with E-state index in [1.54, 1.807) is 0 Å². The molecule has 1 saturated heterocycles. The lowest BCUT2D eigenvalue weighted by atomic mass is 10.0. The number of anilines is 1. The first kappa shape index (κ1) is 17.1. The van der Waals surface area contributed by atoms with Crippen molar-refractivity contribution in [2.24, 2.45) is 17.8 Å². The first-order valence-corrected chi connectivity index (χ1v) is 9.94. The predicted molar refractivity (Wildman–Crippen MR) is 103 cm³/mol. The first-order chi connectivity index (χ1) is 12.9. The summed E-state index contributed by atoms with van der Waals surface area (Å²) in [5.41, 5.74) is -0.681. The maximum absolute atomic E-state index is 15.0. The van der Waals surface area contributed by atoms with Crippen LogP contribution in [0.5, 0.6) is 0 Å². The van der Waals surface area contributed by atoms with Crippen LogP contribution in [0, 0.1) is 23.6 Å². The molecule has 2 aliphatic carbocycles. The highest BCUT2D eigenvalue weighted by Gasteiger charge is 2.41. The smallest absolute Gasteiger partial charge is 0.350 e. The largest absolute Gasteiger partial charge is 0.367 e. The Bertz CT molecular complexity index is 1060. The van der Waals surface area contributed by atoms with Crippen LogP contribution in [0.3, 0.4) is 0 Å². The van der Waals surface area contributed by atoms with E-state index in [0.29, 0.717) is 33.6 Å². The van der Waals surface area contributed by atoms with E-state index >= 15 is 4.39 Å². The average Bonchev–Trinajstić information content (AvgIpc) is 3.28. The Kier molecular flexibility index (Phi) is 3.63. The van der Waals surface area contributed by atoms with Gasteiger partial charge in [0.2, 0.25) is 0 Å². The molecule has 1 aliphatic heterocycles. The lowest BCUT2D eigenvalue weighted by molar-refractivity contribution is 0.494. The van der Waals surface area contributed by atoms with Gasteiger partial charge in [-0.2, -0.15) is 4.68 Å². The van der Waals surface area contributed by atoms with Crippen molar-refractivity contribution >= 4 is 28.2 Å². The minimum Gasteiger partial charge on any atom is -0.367 e. The molecule has 27 heavy (non-hydrogen) atoms. The summed E-state index contributed by atoms with van der Waals surface area (Å²) in [4.78, 5) is 27.0. The van der Waals surface area contributed by atoms with E-state index in [1.165, 1.54) is 10.6 Å². The van der Waals surface area contributed by atoms with Crippen molar-refractivity contribution in [2.75, 3.05) is 23.8 Å². The van der Waals surface area contributed by atoms with Crippen LogP contribution in [0.25, 0.3) is 10.9 Å². The van der Waals surface area contributed by atoms with Crippen LogP contribution in [-0.2, 0) is 0 Å². The standard InChI is InChI=1S/C19H22ClFN4O2/c1-9-4-10-7-23(8-11(10)5-9)17-14(21)6-13-16(15(17)20)24(12-2-3-12)19(27)25(22)18(13)26/h6,9-12H,2-5,7-8,22H2,1H3. The summed E-state index contributed by atoms with van der Waals surface area (Å²) in [6.45, 7) is 3.79. The quantitative estimate of drug-likeness (QED) is 0.797. The molecular formula is C19H22ClFN4O2. The van der Waals surface area contributed by atoms with Gasteiger partial charge in [-0.05, 0) is 49.5 Å². The third-order valence-corrected chi connectivity index (χ3v) is 6.84. The number of hydrogen-bond acceptors (Lipinski definition) is 4. The molecule has 2 N–H and O–H groups in total. The second-order valence-corrected chi connectivity index (χ2v) is 8.86. The Hall–Kier alpha value is -2.02. The molecular weight excluding hydrogens is 371 g/mol. The summed E-state index contributed by atoms with van der Waals surface area (Å²) < 4.78 is 17.1. The molecule has 2 aromatic rings. The van der Waals surface area contributed by atoms with E-state index in [4.69, 9.17) is 17.4 Å². The number of nitrogens with zero attached hydrogens (tertiary/aromatic N) is 3. The lowest BCUT2D eigenvalue weighted by Gasteiger charge is -2.24. The summed E-state index contributed by atoms with van der Waals surface area (Å²) in [5, 5.41) is 0.211. The Labute approximate surface area is 160 Å². The van der Waals surface area contributed by atoms with Crippen molar-refractivity contribution in [3.8, 4) is 0 Å². The number of benzene rings is 1. The van der Waals surface area contributed by atoms with Crippen LogP contribution in [0.4, 0.5) is 10.1 Å². The molecule has 0 spiro atoms. The van der Waals surface area contributed by atoms with Gasteiger partial charge in [0.1, 0.15) is 5.82 Å².